The molecule has 1 N–H and O–H groups in total. The van der Waals surface area contributed by atoms with Gasteiger partial charge in [0.2, 0.25) is 0 Å². The van der Waals surface area contributed by atoms with E-state index in [2.05, 4.69) is 5.32 Å². The zero-order valence-corrected chi connectivity index (χ0v) is 13.9. The molecule has 9 heteroatoms. The third-order valence-electron chi connectivity index (χ3n) is 3.73. The number of hydrogen-bond donors (Lipinski definition) is 1. The highest BCUT2D eigenvalue weighted by Gasteiger charge is 2.33. The van der Waals surface area contributed by atoms with Gasteiger partial charge in [-0.3, -0.25) is 9.69 Å². The van der Waals surface area contributed by atoms with Crippen LogP contribution in [0.5, 0.6) is 0 Å². The maximum Gasteiger partial charge on any atom is 0.417 e. The minimum Gasteiger partial charge on any atom is -0.447 e. The van der Waals surface area contributed by atoms with Crippen molar-refractivity contribution in [1.82, 2.24) is 0 Å². The maximum atomic E-state index is 12.9. The van der Waals surface area contributed by atoms with Gasteiger partial charge in [-0.2, -0.15) is 13.2 Å². The Kier molecular flexibility index (Phi) is 4.78. The van der Waals surface area contributed by atoms with Crippen LogP contribution in [0.25, 0.3) is 0 Å². The summed E-state index contributed by atoms with van der Waals surface area (Å²) in [5.41, 5.74) is -0.265. The van der Waals surface area contributed by atoms with E-state index in [1.165, 1.54) is 23.1 Å². The molecule has 1 saturated heterocycles. The number of halogens is 4. The molecule has 0 unspecified atom stereocenters. The van der Waals surface area contributed by atoms with Gasteiger partial charge >= 0.3 is 12.3 Å². The van der Waals surface area contributed by atoms with Crippen molar-refractivity contribution in [3.63, 3.8) is 0 Å². The van der Waals surface area contributed by atoms with Gasteiger partial charge in [0.25, 0.3) is 5.91 Å². The van der Waals surface area contributed by atoms with Crippen molar-refractivity contribution >= 4 is 35.0 Å². The predicted octanol–water partition coefficient (Wildman–Crippen LogP) is 4.57. The minimum atomic E-state index is -4.62. The van der Waals surface area contributed by atoms with E-state index in [0.29, 0.717) is 18.8 Å². The Hall–Kier alpha value is -2.74. The lowest BCUT2D eigenvalue weighted by atomic mass is 10.1. The van der Waals surface area contributed by atoms with E-state index in [4.69, 9.17) is 16.3 Å². The topological polar surface area (TPSA) is 58.6 Å². The van der Waals surface area contributed by atoms with Gasteiger partial charge in [-0.15, -0.1) is 0 Å². The van der Waals surface area contributed by atoms with Gasteiger partial charge in [0.05, 0.1) is 17.1 Å². The molecule has 2 aromatic rings. The molecule has 0 aliphatic carbocycles. The third-order valence-corrected chi connectivity index (χ3v) is 4.06. The molecule has 0 spiro atoms. The molecule has 0 aromatic heterocycles. The standard InChI is InChI=1S/C17H12ClF3N2O3/c18-14-6-3-11(9-13(14)17(19,20)21)22-15(24)10-1-4-12(5-2-10)23-7-8-26-16(23)25/h1-6,9H,7-8H2,(H,22,24). The van der Waals surface area contributed by atoms with Crippen LogP contribution in [-0.2, 0) is 10.9 Å². The van der Waals surface area contributed by atoms with Crippen LogP contribution in [0.15, 0.2) is 42.5 Å². The number of hydrogen-bond acceptors (Lipinski definition) is 3. The molecule has 2 amide bonds. The summed E-state index contributed by atoms with van der Waals surface area (Å²) >= 11 is 5.55. The zero-order chi connectivity index (χ0) is 18.9. The fraction of sp³-hybridized carbons (Fsp3) is 0.176. The SMILES string of the molecule is O=C(Nc1ccc(Cl)c(C(F)(F)F)c1)c1ccc(N2CCOC2=O)cc1. The van der Waals surface area contributed by atoms with Crippen LogP contribution < -0.4 is 10.2 Å². The summed E-state index contributed by atoms with van der Waals surface area (Å²) in [5, 5.41) is 1.95. The fourth-order valence-corrected chi connectivity index (χ4v) is 2.67. The predicted molar refractivity (Wildman–Crippen MR) is 89.5 cm³/mol. The monoisotopic (exact) mass is 384 g/mol. The van der Waals surface area contributed by atoms with Gasteiger partial charge in [0, 0.05) is 16.9 Å². The van der Waals surface area contributed by atoms with Crippen LogP contribution in [0.3, 0.4) is 0 Å². The summed E-state index contributed by atoms with van der Waals surface area (Å²) in [6.07, 6.45) is -5.09. The lowest BCUT2D eigenvalue weighted by molar-refractivity contribution is -0.137. The molecule has 1 aliphatic heterocycles. The highest BCUT2D eigenvalue weighted by atomic mass is 35.5. The second-order valence-electron chi connectivity index (χ2n) is 5.46. The molecule has 3 rings (SSSR count). The first-order chi connectivity index (χ1) is 12.3. The molecule has 136 valence electrons. The average Bonchev–Trinajstić information content (AvgIpc) is 3.01. The number of cyclic esters (lactones) is 1. The Balaban J connectivity index is 1.75. The molecule has 1 aliphatic rings. The van der Waals surface area contributed by atoms with E-state index >= 15 is 0 Å². The molecule has 0 radical (unpaired) electrons. The molecule has 2 aromatic carbocycles. The second-order valence-corrected chi connectivity index (χ2v) is 5.87. The number of amides is 2. The first-order valence-electron chi connectivity index (χ1n) is 7.48. The van der Waals surface area contributed by atoms with E-state index in [0.717, 1.165) is 12.1 Å². The smallest absolute Gasteiger partial charge is 0.417 e. The number of anilines is 2. The highest BCUT2D eigenvalue weighted by molar-refractivity contribution is 6.31. The van der Waals surface area contributed by atoms with Gasteiger partial charge in [-0.1, -0.05) is 11.6 Å². The summed E-state index contributed by atoms with van der Waals surface area (Å²) in [6, 6.07) is 9.18. The van der Waals surface area contributed by atoms with Gasteiger partial charge in [0.1, 0.15) is 6.61 Å². The number of carbonyl (C=O) groups excluding carboxylic acids is 2. The zero-order valence-electron chi connectivity index (χ0n) is 13.1. The summed E-state index contributed by atoms with van der Waals surface area (Å²) in [4.78, 5) is 25.1. The van der Waals surface area contributed by atoms with E-state index < -0.39 is 28.8 Å². The number of rotatable bonds is 3. The third kappa shape index (κ3) is 3.75. The quantitative estimate of drug-likeness (QED) is 0.843. The first kappa shape index (κ1) is 18.1. The van der Waals surface area contributed by atoms with Crippen molar-refractivity contribution < 1.29 is 27.5 Å². The molecule has 0 bridgehead atoms. The number of nitrogens with zero attached hydrogens (tertiary/aromatic N) is 1. The van der Waals surface area contributed by atoms with Gasteiger partial charge in [-0.05, 0) is 42.5 Å². The highest BCUT2D eigenvalue weighted by Crippen LogP contribution is 2.36. The number of nitrogens with one attached hydrogen (secondary N) is 1. The molecule has 5 nitrogen and oxygen atoms in total. The van der Waals surface area contributed by atoms with Gasteiger partial charge in [-0.25, -0.2) is 4.79 Å². The van der Waals surface area contributed by atoms with Crippen LogP contribution in [0.2, 0.25) is 5.02 Å². The van der Waals surface area contributed by atoms with Crippen LogP contribution in [0.4, 0.5) is 29.3 Å². The molecule has 1 fully saturated rings. The largest absolute Gasteiger partial charge is 0.447 e. The Labute approximate surface area is 151 Å². The van der Waals surface area contributed by atoms with Gasteiger partial charge in [0.15, 0.2) is 0 Å². The number of ether oxygens (including phenoxy) is 1. The maximum absolute atomic E-state index is 12.9. The molecule has 26 heavy (non-hydrogen) atoms. The number of benzene rings is 2. The van der Waals surface area contributed by atoms with Crippen molar-refractivity contribution in [2.75, 3.05) is 23.4 Å². The van der Waals surface area contributed by atoms with Crippen molar-refractivity contribution in [3.05, 3.63) is 58.6 Å². The molecule has 1 heterocycles. The van der Waals surface area contributed by atoms with Crippen LogP contribution in [-0.4, -0.2) is 25.2 Å². The Morgan fingerprint density at radius 3 is 2.42 bits per heavy atom. The molecule has 0 atom stereocenters. The fourth-order valence-electron chi connectivity index (χ4n) is 2.44. The number of carbonyl (C=O) groups is 2. The Morgan fingerprint density at radius 2 is 1.85 bits per heavy atom. The van der Waals surface area contributed by atoms with E-state index in [1.54, 1.807) is 12.1 Å². The van der Waals surface area contributed by atoms with Crippen molar-refractivity contribution in [2.45, 2.75) is 6.18 Å². The molecular weight excluding hydrogens is 373 g/mol. The molecule has 0 saturated carbocycles. The second kappa shape index (κ2) is 6.87. The van der Waals surface area contributed by atoms with E-state index in [9.17, 15) is 22.8 Å². The Bertz CT molecular complexity index is 853. The average molecular weight is 385 g/mol. The lowest BCUT2D eigenvalue weighted by Gasteiger charge is -2.14. The summed E-state index contributed by atoms with van der Waals surface area (Å²) in [6.45, 7) is 0.703. The normalized spacial score (nSPS) is 14.3. The lowest BCUT2D eigenvalue weighted by Crippen LogP contribution is -2.23. The van der Waals surface area contributed by atoms with Crippen LogP contribution in [0.1, 0.15) is 15.9 Å². The van der Waals surface area contributed by atoms with Gasteiger partial charge < -0.3 is 10.1 Å². The summed E-state index contributed by atoms with van der Waals surface area (Å²) in [5.74, 6) is -0.587. The van der Waals surface area contributed by atoms with Crippen molar-refractivity contribution in [2.24, 2.45) is 0 Å². The van der Waals surface area contributed by atoms with E-state index in [1.807, 2.05) is 0 Å². The van der Waals surface area contributed by atoms with E-state index in [-0.39, 0.29) is 11.3 Å². The van der Waals surface area contributed by atoms with Crippen LogP contribution >= 0.6 is 11.6 Å². The number of alkyl halides is 3. The van der Waals surface area contributed by atoms with Crippen molar-refractivity contribution in [1.29, 1.82) is 0 Å². The minimum absolute atomic E-state index is 0.0288. The first-order valence-corrected chi connectivity index (χ1v) is 7.86. The summed E-state index contributed by atoms with van der Waals surface area (Å²) < 4.78 is 43.5. The molecular formula is C17H12ClF3N2O3. The van der Waals surface area contributed by atoms with Crippen molar-refractivity contribution in [3.8, 4) is 0 Å². The van der Waals surface area contributed by atoms with Crippen LogP contribution in [0, 0.1) is 0 Å². The summed E-state index contributed by atoms with van der Waals surface area (Å²) in [7, 11) is 0. The Morgan fingerprint density at radius 1 is 1.15 bits per heavy atom.